The van der Waals surface area contributed by atoms with Crippen LogP contribution < -0.4 is 19.1 Å². The Labute approximate surface area is 164 Å². The topological polar surface area (TPSA) is 66.5 Å². The molecule has 0 bridgehead atoms. The van der Waals surface area contributed by atoms with Crippen LogP contribution in [-0.2, 0) is 14.3 Å². The molecule has 0 spiro atoms. The molecule has 1 aliphatic rings. The molecule has 0 radical (unpaired) electrons. The van der Waals surface area contributed by atoms with Crippen molar-refractivity contribution in [3.05, 3.63) is 48.5 Å². The van der Waals surface area contributed by atoms with Gasteiger partial charge in [0.1, 0.15) is 32.1 Å². The zero-order valence-electron chi connectivity index (χ0n) is 16.0. The summed E-state index contributed by atoms with van der Waals surface area (Å²) in [7, 11) is 1.38. The molecular formula is C21H25NO6. The molecule has 28 heavy (non-hydrogen) atoms. The molecule has 2 aromatic carbocycles. The van der Waals surface area contributed by atoms with Crippen molar-refractivity contribution in [1.29, 1.82) is 0 Å². The third kappa shape index (κ3) is 5.53. The molecule has 1 heterocycles. The number of benzene rings is 2. The Morgan fingerprint density at radius 3 is 2.11 bits per heavy atom. The molecule has 0 atom stereocenters. The van der Waals surface area contributed by atoms with Crippen molar-refractivity contribution in [3.63, 3.8) is 0 Å². The van der Waals surface area contributed by atoms with Crippen LogP contribution in [0.1, 0.15) is 0 Å². The molecule has 0 aliphatic carbocycles. The lowest BCUT2D eigenvalue weighted by Crippen LogP contribution is -2.34. The number of anilines is 1. The largest absolute Gasteiger partial charge is 0.488 e. The molecule has 0 fully saturated rings. The van der Waals surface area contributed by atoms with Gasteiger partial charge in [0.05, 0.1) is 26.0 Å². The first-order valence-electron chi connectivity index (χ1n) is 9.24. The fourth-order valence-electron chi connectivity index (χ4n) is 2.82. The van der Waals surface area contributed by atoms with Crippen molar-refractivity contribution in [2.24, 2.45) is 0 Å². The minimum Gasteiger partial charge on any atom is -0.488 e. The zero-order chi connectivity index (χ0) is 19.6. The number of rotatable bonds is 2. The molecule has 0 saturated heterocycles. The maximum Gasteiger partial charge on any atom is 0.325 e. The van der Waals surface area contributed by atoms with E-state index in [2.05, 4.69) is 0 Å². The van der Waals surface area contributed by atoms with Gasteiger partial charge in [-0.2, -0.15) is 0 Å². The standard InChI is InChI=1S/C21H25NO6/c1-24-21(23)16-22-10-11-25-12-13-27-19-8-4-5-9-20(19)28-15-14-26-18-7-3-2-6-17(18)22/h2-9H,10-16H2,1H3. The smallest absolute Gasteiger partial charge is 0.325 e. The van der Waals surface area contributed by atoms with Crippen molar-refractivity contribution in [2.45, 2.75) is 0 Å². The highest BCUT2D eigenvalue weighted by atomic mass is 16.6. The first-order chi connectivity index (χ1) is 13.8. The van der Waals surface area contributed by atoms with Crippen LogP contribution in [0.15, 0.2) is 48.5 Å². The monoisotopic (exact) mass is 387 g/mol. The summed E-state index contributed by atoms with van der Waals surface area (Å²) in [6.45, 7) is 2.62. The number of hydrogen-bond acceptors (Lipinski definition) is 7. The van der Waals surface area contributed by atoms with E-state index in [4.69, 9.17) is 23.7 Å². The van der Waals surface area contributed by atoms with E-state index in [1.165, 1.54) is 7.11 Å². The van der Waals surface area contributed by atoms with Crippen molar-refractivity contribution in [1.82, 2.24) is 0 Å². The van der Waals surface area contributed by atoms with Crippen LogP contribution in [0.4, 0.5) is 5.69 Å². The minimum absolute atomic E-state index is 0.110. The fourth-order valence-corrected chi connectivity index (χ4v) is 2.82. The number of fused-ring (bicyclic) bond motifs is 2. The molecule has 0 amide bonds. The van der Waals surface area contributed by atoms with E-state index in [-0.39, 0.29) is 12.5 Å². The van der Waals surface area contributed by atoms with Crippen molar-refractivity contribution in [2.75, 3.05) is 58.1 Å². The highest BCUT2D eigenvalue weighted by Gasteiger charge is 2.16. The number of carbonyl (C=O) groups is 1. The first kappa shape index (κ1) is 19.8. The zero-order valence-corrected chi connectivity index (χ0v) is 16.0. The lowest BCUT2D eigenvalue weighted by Gasteiger charge is -2.25. The second-order valence-electron chi connectivity index (χ2n) is 6.07. The SMILES string of the molecule is COC(=O)CN1CCOCCOc2ccccc2OCCOc2ccccc21. The summed E-state index contributed by atoms with van der Waals surface area (Å²) in [4.78, 5) is 13.7. The van der Waals surface area contributed by atoms with E-state index in [0.717, 1.165) is 5.69 Å². The number of hydrogen-bond donors (Lipinski definition) is 0. The van der Waals surface area contributed by atoms with E-state index in [0.29, 0.717) is 56.8 Å². The second-order valence-corrected chi connectivity index (χ2v) is 6.07. The van der Waals surface area contributed by atoms with Crippen LogP contribution in [0.5, 0.6) is 17.2 Å². The predicted molar refractivity (Wildman–Crippen MR) is 104 cm³/mol. The highest BCUT2D eigenvalue weighted by Crippen LogP contribution is 2.29. The van der Waals surface area contributed by atoms with Gasteiger partial charge in [-0.3, -0.25) is 4.79 Å². The molecule has 7 heteroatoms. The van der Waals surface area contributed by atoms with Gasteiger partial charge in [0.25, 0.3) is 0 Å². The first-order valence-corrected chi connectivity index (χ1v) is 9.24. The summed E-state index contributed by atoms with van der Waals surface area (Å²) >= 11 is 0. The number of carbonyl (C=O) groups excluding carboxylic acids is 1. The minimum atomic E-state index is -0.324. The Hall–Kier alpha value is -2.93. The van der Waals surface area contributed by atoms with Crippen LogP contribution in [0, 0.1) is 0 Å². The lowest BCUT2D eigenvalue weighted by molar-refractivity contribution is -0.139. The summed E-state index contributed by atoms with van der Waals surface area (Å²) in [5, 5.41) is 0. The van der Waals surface area contributed by atoms with Crippen LogP contribution in [0.2, 0.25) is 0 Å². The van der Waals surface area contributed by atoms with Gasteiger partial charge in [-0.15, -0.1) is 0 Å². The maximum absolute atomic E-state index is 11.9. The number of methoxy groups -OCH3 is 1. The molecule has 0 unspecified atom stereocenters. The number of esters is 1. The summed E-state index contributed by atoms with van der Waals surface area (Å²) in [5.74, 6) is 1.69. The van der Waals surface area contributed by atoms with Crippen LogP contribution in [-0.4, -0.2) is 59.2 Å². The van der Waals surface area contributed by atoms with Gasteiger partial charge in [-0.05, 0) is 24.3 Å². The van der Waals surface area contributed by atoms with E-state index in [9.17, 15) is 4.79 Å². The van der Waals surface area contributed by atoms with Gasteiger partial charge >= 0.3 is 5.97 Å². The van der Waals surface area contributed by atoms with Crippen molar-refractivity contribution < 1.29 is 28.5 Å². The van der Waals surface area contributed by atoms with Gasteiger partial charge < -0.3 is 28.6 Å². The molecule has 150 valence electrons. The van der Waals surface area contributed by atoms with Gasteiger partial charge in [-0.1, -0.05) is 24.3 Å². The third-order valence-electron chi connectivity index (χ3n) is 4.19. The number of ether oxygens (including phenoxy) is 5. The molecule has 7 nitrogen and oxygen atoms in total. The summed E-state index contributed by atoms with van der Waals surface area (Å²) in [6, 6.07) is 15.1. The lowest BCUT2D eigenvalue weighted by atomic mass is 10.2. The van der Waals surface area contributed by atoms with Gasteiger partial charge in [-0.25, -0.2) is 0 Å². The van der Waals surface area contributed by atoms with Crippen molar-refractivity contribution >= 4 is 11.7 Å². The Morgan fingerprint density at radius 1 is 0.857 bits per heavy atom. The number of nitrogens with zero attached hydrogens (tertiary/aromatic N) is 1. The second kappa shape index (κ2) is 10.4. The molecule has 3 rings (SSSR count). The third-order valence-corrected chi connectivity index (χ3v) is 4.19. The molecule has 2 aromatic rings. The molecule has 0 saturated carbocycles. The van der Waals surface area contributed by atoms with E-state index in [1.54, 1.807) is 0 Å². The van der Waals surface area contributed by atoms with E-state index >= 15 is 0 Å². The van der Waals surface area contributed by atoms with Crippen LogP contribution in [0.25, 0.3) is 0 Å². The van der Waals surface area contributed by atoms with Crippen molar-refractivity contribution in [3.8, 4) is 17.2 Å². The Kier molecular flexibility index (Phi) is 7.37. The van der Waals surface area contributed by atoms with E-state index < -0.39 is 0 Å². The molecule has 0 aromatic heterocycles. The fraction of sp³-hybridized carbons (Fsp3) is 0.381. The predicted octanol–water partition coefficient (Wildman–Crippen LogP) is 2.53. The summed E-state index contributed by atoms with van der Waals surface area (Å²) in [5.41, 5.74) is 0.808. The maximum atomic E-state index is 11.9. The average Bonchev–Trinajstić information content (AvgIpc) is 2.73. The average molecular weight is 387 g/mol. The van der Waals surface area contributed by atoms with Gasteiger partial charge in [0.2, 0.25) is 0 Å². The summed E-state index contributed by atoms with van der Waals surface area (Å²) in [6.07, 6.45) is 0. The normalized spacial score (nSPS) is 15.4. The summed E-state index contributed by atoms with van der Waals surface area (Å²) < 4.78 is 28.0. The van der Waals surface area contributed by atoms with E-state index in [1.807, 2.05) is 53.4 Å². The molecular weight excluding hydrogens is 362 g/mol. The van der Waals surface area contributed by atoms with Gasteiger partial charge in [0.15, 0.2) is 11.5 Å². The van der Waals surface area contributed by atoms with Crippen LogP contribution in [0.3, 0.4) is 0 Å². The quantitative estimate of drug-likeness (QED) is 0.734. The van der Waals surface area contributed by atoms with Gasteiger partial charge in [0, 0.05) is 6.54 Å². The molecule has 0 N–H and O–H groups in total. The Morgan fingerprint density at radius 2 is 1.43 bits per heavy atom. The Bertz CT molecular complexity index is 766. The number of para-hydroxylation sites is 4. The highest BCUT2D eigenvalue weighted by molar-refractivity contribution is 5.76. The Balaban J connectivity index is 1.76. The molecule has 1 aliphatic heterocycles. The van der Waals surface area contributed by atoms with Crippen LogP contribution >= 0.6 is 0 Å².